The first-order chi connectivity index (χ1) is 17.3. The van der Waals surface area contributed by atoms with Crippen LogP contribution in [0, 0.1) is 0 Å². The smallest absolute Gasteiger partial charge is 0.495 e. The van der Waals surface area contributed by atoms with Crippen LogP contribution in [0.25, 0.3) is 11.1 Å². The van der Waals surface area contributed by atoms with Crippen molar-refractivity contribution >= 4 is 29.0 Å². The summed E-state index contributed by atoms with van der Waals surface area (Å²) in [4.78, 5) is 17.7. The Hall–Kier alpha value is -4.47. The second kappa shape index (κ2) is 9.29. The van der Waals surface area contributed by atoms with Gasteiger partial charge >= 0.3 is 6.09 Å². The van der Waals surface area contributed by atoms with Gasteiger partial charge in [-0.05, 0) is 31.5 Å². The molecule has 1 aliphatic heterocycles. The van der Waals surface area contributed by atoms with Gasteiger partial charge in [0.25, 0.3) is 0 Å². The van der Waals surface area contributed by atoms with Crippen molar-refractivity contribution in [2.45, 2.75) is 26.4 Å². The molecule has 5 rings (SSSR count). The predicted molar refractivity (Wildman–Crippen MR) is 135 cm³/mol. The molecule has 0 fully saturated rings. The van der Waals surface area contributed by atoms with E-state index in [0.29, 0.717) is 18.0 Å². The highest BCUT2D eigenvalue weighted by molar-refractivity contribution is 6.03. The Labute approximate surface area is 208 Å². The van der Waals surface area contributed by atoms with Gasteiger partial charge in [-0.15, -0.1) is 0 Å². The molecule has 184 valence electrons. The largest absolute Gasteiger partial charge is 0.603 e. The molecule has 1 aliphatic rings. The average Bonchev–Trinajstić information content (AvgIpc) is 3.56. The molecule has 0 atom stereocenters. The van der Waals surface area contributed by atoms with E-state index in [1.165, 1.54) is 0 Å². The van der Waals surface area contributed by atoms with Crippen molar-refractivity contribution in [1.82, 2.24) is 24.5 Å². The van der Waals surface area contributed by atoms with Crippen molar-refractivity contribution in [2.24, 2.45) is 14.1 Å². The molecule has 0 saturated carbocycles. The van der Waals surface area contributed by atoms with Crippen LogP contribution in [0.2, 0.25) is 0 Å². The maximum absolute atomic E-state index is 13.1. The van der Waals surface area contributed by atoms with Crippen LogP contribution in [0.4, 0.5) is 22.0 Å². The molecule has 0 unspecified atom stereocenters. The first-order valence-corrected chi connectivity index (χ1v) is 11.6. The lowest BCUT2D eigenvalue weighted by atomic mass is 10.1. The highest BCUT2D eigenvalue weighted by Crippen LogP contribution is 2.35. The second-order valence-corrected chi connectivity index (χ2v) is 8.94. The number of fused-ring (bicyclic) bond motifs is 1. The van der Waals surface area contributed by atoms with E-state index < -0.39 is 6.09 Å². The number of hydrogen-bond donors (Lipinski definition) is 1. The maximum atomic E-state index is 13.1. The van der Waals surface area contributed by atoms with Crippen LogP contribution in [0.15, 0.2) is 55.2 Å². The normalized spacial score (nSPS) is 12.7. The van der Waals surface area contributed by atoms with Crippen molar-refractivity contribution in [3.63, 3.8) is 0 Å². The number of amides is 1. The fourth-order valence-electron chi connectivity index (χ4n) is 4.24. The van der Waals surface area contributed by atoms with Crippen LogP contribution in [0.3, 0.4) is 0 Å². The van der Waals surface area contributed by atoms with E-state index in [1.807, 2.05) is 70.8 Å². The molecule has 10 nitrogen and oxygen atoms in total. The number of carbonyl (C=O) groups excluding carboxylic acids is 1. The van der Waals surface area contributed by atoms with Gasteiger partial charge in [0.05, 0.1) is 48.8 Å². The number of aryl methyl sites for hydroxylation is 2. The predicted octanol–water partition coefficient (Wildman–Crippen LogP) is 4.20. The van der Waals surface area contributed by atoms with Crippen LogP contribution >= 0.6 is 0 Å². The lowest BCUT2D eigenvalue weighted by Crippen LogP contribution is -2.25. The van der Waals surface area contributed by atoms with Crippen LogP contribution in [0.1, 0.15) is 25.0 Å². The molecule has 3 aromatic heterocycles. The van der Waals surface area contributed by atoms with Gasteiger partial charge in [-0.3, -0.25) is 9.36 Å². The fourth-order valence-corrected chi connectivity index (χ4v) is 4.24. The van der Waals surface area contributed by atoms with E-state index in [2.05, 4.69) is 20.5 Å². The number of nitrogens with one attached hydrogen (secondary N) is 1. The number of pyridine rings is 1. The highest BCUT2D eigenvalue weighted by atomic mass is 16.6. The molecule has 4 aromatic rings. The molecular weight excluding hydrogens is 458 g/mol. The maximum Gasteiger partial charge on any atom is 0.603 e. The Morgan fingerprint density at radius 3 is 2.39 bits per heavy atom. The number of anilines is 2. The van der Waals surface area contributed by atoms with Crippen LogP contribution in [-0.4, -0.2) is 54.1 Å². The molecule has 0 aliphatic carbocycles. The third-order valence-corrected chi connectivity index (χ3v) is 5.89. The van der Waals surface area contributed by atoms with Crippen molar-refractivity contribution in [3.8, 4) is 16.9 Å². The summed E-state index contributed by atoms with van der Waals surface area (Å²) in [5, 5.41) is 11.8. The van der Waals surface area contributed by atoms with Gasteiger partial charge in [0.15, 0.2) is 0 Å². The molecule has 36 heavy (non-hydrogen) atoms. The Morgan fingerprint density at radius 2 is 1.75 bits per heavy atom. The van der Waals surface area contributed by atoms with Gasteiger partial charge in [0.1, 0.15) is 17.7 Å². The number of nitrogens with zero attached hydrogens (tertiary/aromatic N) is 6. The van der Waals surface area contributed by atoms with E-state index in [4.69, 9.17) is 9.47 Å². The van der Waals surface area contributed by atoms with Gasteiger partial charge in [-0.25, -0.2) is 4.98 Å². The first-order valence-electron chi connectivity index (χ1n) is 11.6. The summed E-state index contributed by atoms with van der Waals surface area (Å²) in [6.07, 6.45) is 9.04. The number of rotatable bonds is 6. The molecule has 1 aromatic carbocycles. The SMILES string of the molecule is COc1cc(-c2cnn(C)c2)ccc1Nc1cc2c(cn1)CC(c1cnn(C)c1)=[N+]2C(=O)OC(C)C. The minimum absolute atomic E-state index is 0.251. The van der Waals surface area contributed by atoms with E-state index in [-0.39, 0.29) is 6.10 Å². The minimum Gasteiger partial charge on any atom is -0.495 e. The number of benzene rings is 1. The Morgan fingerprint density at radius 1 is 1.03 bits per heavy atom. The van der Waals surface area contributed by atoms with Crippen LogP contribution in [0.5, 0.6) is 5.75 Å². The molecule has 0 spiro atoms. The Bertz CT molecular complexity index is 1480. The summed E-state index contributed by atoms with van der Waals surface area (Å²) in [7, 11) is 5.36. The molecular formula is C26H28N7O3+. The number of methoxy groups -OCH3 is 1. The van der Waals surface area contributed by atoms with E-state index in [0.717, 1.165) is 39.3 Å². The van der Waals surface area contributed by atoms with E-state index in [9.17, 15) is 4.79 Å². The fraction of sp³-hybridized carbons (Fsp3) is 0.269. The van der Waals surface area contributed by atoms with Crippen molar-refractivity contribution in [1.29, 1.82) is 0 Å². The third kappa shape index (κ3) is 4.45. The summed E-state index contributed by atoms with van der Waals surface area (Å²) < 4.78 is 16.3. The molecule has 0 bridgehead atoms. The molecule has 1 amide bonds. The lowest BCUT2D eigenvalue weighted by Gasteiger charge is -2.12. The summed E-state index contributed by atoms with van der Waals surface area (Å²) in [5.74, 6) is 1.24. The van der Waals surface area contributed by atoms with Gasteiger partial charge in [0, 0.05) is 38.2 Å². The summed E-state index contributed by atoms with van der Waals surface area (Å²) >= 11 is 0. The average molecular weight is 487 g/mol. The van der Waals surface area contributed by atoms with Crippen LogP contribution < -0.4 is 10.1 Å². The number of ether oxygens (including phenoxy) is 2. The Kier molecular flexibility index (Phi) is 6.01. The standard InChI is InChI=1S/C26H28N7O3/c1-16(2)36-26(34)33-22(20-13-29-32(4)15-20)8-18-11-27-25(10-23(18)33)30-21-7-6-17(9-24(21)35-5)19-12-28-31(3)14-19/h6-7,9-16H,8H2,1-5H3,(H,27,30)/q+1. The molecule has 10 heteroatoms. The van der Waals surface area contributed by atoms with Gasteiger partial charge in [-0.2, -0.15) is 15.0 Å². The zero-order valence-corrected chi connectivity index (χ0v) is 20.9. The number of aromatic nitrogens is 5. The molecule has 0 radical (unpaired) electrons. The Balaban J connectivity index is 1.50. The second-order valence-electron chi connectivity index (χ2n) is 8.94. The summed E-state index contributed by atoms with van der Waals surface area (Å²) in [5.41, 5.74) is 6.06. The third-order valence-electron chi connectivity index (χ3n) is 5.89. The minimum atomic E-state index is -0.432. The lowest BCUT2D eigenvalue weighted by molar-refractivity contribution is -0.356. The molecule has 0 saturated heterocycles. The van der Waals surface area contributed by atoms with Crippen LogP contribution in [-0.2, 0) is 25.3 Å². The van der Waals surface area contributed by atoms with Gasteiger partial charge in [0.2, 0.25) is 11.4 Å². The van der Waals surface area contributed by atoms with E-state index >= 15 is 0 Å². The topological polar surface area (TPSA) is 99.1 Å². The first kappa shape index (κ1) is 23.3. The number of carbonyl (C=O) groups is 1. The van der Waals surface area contributed by atoms with Crippen molar-refractivity contribution in [3.05, 3.63) is 66.4 Å². The van der Waals surface area contributed by atoms with Gasteiger partial charge < -0.3 is 14.8 Å². The zero-order chi connectivity index (χ0) is 25.4. The molecule has 4 heterocycles. The van der Waals surface area contributed by atoms with Crippen molar-refractivity contribution in [2.75, 3.05) is 12.4 Å². The quantitative estimate of drug-likeness (QED) is 0.408. The monoisotopic (exact) mass is 486 g/mol. The highest BCUT2D eigenvalue weighted by Gasteiger charge is 2.39. The summed E-state index contributed by atoms with van der Waals surface area (Å²) in [6, 6.07) is 7.74. The summed E-state index contributed by atoms with van der Waals surface area (Å²) in [6.45, 7) is 3.67. The zero-order valence-electron chi connectivity index (χ0n) is 20.9. The number of hydrogen-bond acceptors (Lipinski definition) is 7. The van der Waals surface area contributed by atoms with E-state index in [1.54, 1.807) is 33.4 Å². The molecule has 1 N–H and O–H groups in total. The van der Waals surface area contributed by atoms with Crippen molar-refractivity contribution < 1.29 is 18.8 Å². The van der Waals surface area contributed by atoms with Gasteiger partial charge in [-0.1, -0.05) is 10.6 Å².